The summed E-state index contributed by atoms with van der Waals surface area (Å²) in [5, 5.41) is 2.21. The van der Waals surface area contributed by atoms with Gasteiger partial charge in [-0.05, 0) is 35.2 Å². The van der Waals surface area contributed by atoms with E-state index in [-0.39, 0.29) is 10.4 Å². The molecule has 0 fully saturated rings. The first-order valence-corrected chi connectivity index (χ1v) is 6.65. The molecule has 2 aromatic carbocycles. The van der Waals surface area contributed by atoms with Gasteiger partial charge in [-0.3, -0.25) is 0 Å². The summed E-state index contributed by atoms with van der Waals surface area (Å²) in [6.45, 7) is 6.53. The van der Waals surface area contributed by atoms with Crippen molar-refractivity contribution < 1.29 is 4.39 Å². The summed E-state index contributed by atoms with van der Waals surface area (Å²) >= 11 is 6.02. The van der Waals surface area contributed by atoms with Crippen molar-refractivity contribution in [3.8, 4) is 0 Å². The Labute approximate surface area is 116 Å². The van der Waals surface area contributed by atoms with E-state index in [4.69, 9.17) is 11.6 Å². The summed E-state index contributed by atoms with van der Waals surface area (Å²) in [4.78, 5) is 3.19. The van der Waals surface area contributed by atoms with Gasteiger partial charge >= 0.3 is 0 Å². The van der Waals surface area contributed by atoms with Gasteiger partial charge in [-0.25, -0.2) is 4.39 Å². The zero-order valence-electron chi connectivity index (χ0n) is 11.1. The van der Waals surface area contributed by atoms with Crippen LogP contribution in [0.3, 0.4) is 0 Å². The van der Waals surface area contributed by atoms with Gasteiger partial charge in [-0.1, -0.05) is 38.4 Å². The van der Waals surface area contributed by atoms with Gasteiger partial charge in [0.1, 0.15) is 10.8 Å². The van der Waals surface area contributed by atoms with Gasteiger partial charge in [-0.2, -0.15) is 0 Å². The summed E-state index contributed by atoms with van der Waals surface area (Å²) in [6.07, 6.45) is 0. The van der Waals surface area contributed by atoms with Crippen LogP contribution in [0.2, 0.25) is 5.02 Å². The van der Waals surface area contributed by atoms with Crippen molar-refractivity contribution in [3.63, 3.8) is 0 Å². The molecule has 1 N–H and O–H groups in total. The van der Waals surface area contributed by atoms with Crippen molar-refractivity contribution in [2.45, 2.75) is 26.2 Å². The number of rotatable bonds is 0. The molecule has 1 heterocycles. The number of fused-ring (bicyclic) bond motifs is 3. The standard InChI is InChI=1S/C16H15ClFN/c1-16(2,3)9-4-7-13-11(8-9)10-5-6-12(18)14(17)15(10)19-13/h4-8,19H,1-3H3. The molecule has 0 aliphatic carbocycles. The van der Waals surface area contributed by atoms with Crippen molar-refractivity contribution in [2.75, 3.05) is 0 Å². The Balaban J connectivity index is 2.40. The zero-order valence-corrected chi connectivity index (χ0v) is 11.9. The third-order valence-corrected chi connectivity index (χ3v) is 3.90. The summed E-state index contributed by atoms with van der Waals surface area (Å²) in [5.74, 6) is -0.392. The van der Waals surface area contributed by atoms with Crippen molar-refractivity contribution in [1.29, 1.82) is 0 Å². The minimum absolute atomic E-state index is 0.0849. The highest BCUT2D eigenvalue weighted by molar-refractivity contribution is 6.36. The second-order valence-electron chi connectivity index (χ2n) is 5.92. The molecule has 0 radical (unpaired) electrons. The Morgan fingerprint density at radius 3 is 2.47 bits per heavy atom. The lowest BCUT2D eigenvalue weighted by Crippen LogP contribution is -2.10. The number of H-pyrrole nitrogens is 1. The summed E-state index contributed by atoms with van der Waals surface area (Å²) in [7, 11) is 0. The van der Waals surface area contributed by atoms with Crippen LogP contribution in [0.4, 0.5) is 4.39 Å². The predicted octanol–water partition coefficient (Wildman–Crippen LogP) is 5.41. The van der Waals surface area contributed by atoms with Gasteiger partial charge in [0, 0.05) is 16.3 Å². The lowest BCUT2D eigenvalue weighted by atomic mass is 9.86. The van der Waals surface area contributed by atoms with Crippen LogP contribution in [-0.2, 0) is 5.41 Å². The van der Waals surface area contributed by atoms with Gasteiger partial charge in [0.2, 0.25) is 0 Å². The molecule has 1 aromatic heterocycles. The number of aromatic amines is 1. The van der Waals surface area contributed by atoms with Gasteiger partial charge < -0.3 is 4.98 Å². The fraction of sp³-hybridized carbons (Fsp3) is 0.250. The maximum atomic E-state index is 13.5. The monoisotopic (exact) mass is 275 g/mol. The Hall–Kier alpha value is -1.54. The Kier molecular flexibility index (Phi) is 2.61. The largest absolute Gasteiger partial charge is 0.353 e. The number of halogens is 2. The molecule has 19 heavy (non-hydrogen) atoms. The second-order valence-corrected chi connectivity index (χ2v) is 6.30. The van der Waals surface area contributed by atoms with Crippen molar-refractivity contribution in [3.05, 3.63) is 46.7 Å². The van der Waals surface area contributed by atoms with Crippen LogP contribution in [-0.4, -0.2) is 4.98 Å². The van der Waals surface area contributed by atoms with Crippen LogP contribution in [0, 0.1) is 5.82 Å². The van der Waals surface area contributed by atoms with Gasteiger partial charge in [0.15, 0.2) is 0 Å². The molecule has 98 valence electrons. The number of benzene rings is 2. The molecule has 0 bridgehead atoms. The predicted molar refractivity (Wildman–Crippen MR) is 79.5 cm³/mol. The van der Waals surface area contributed by atoms with Gasteiger partial charge in [-0.15, -0.1) is 0 Å². The summed E-state index contributed by atoms with van der Waals surface area (Å²) in [6, 6.07) is 9.48. The molecule has 0 spiro atoms. The Bertz CT molecular complexity index is 781. The molecule has 0 aliphatic heterocycles. The molecule has 3 aromatic rings. The first-order chi connectivity index (χ1) is 8.88. The molecular formula is C16H15ClFN. The van der Waals surface area contributed by atoms with E-state index >= 15 is 0 Å². The first kappa shape index (κ1) is 12.5. The summed E-state index contributed by atoms with van der Waals surface area (Å²) in [5.41, 5.74) is 2.99. The molecule has 0 saturated carbocycles. The number of hydrogen-bond acceptors (Lipinski definition) is 0. The highest BCUT2D eigenvalue weighted by atomic mass is 35.5. The quantitative estimate of drug-likeness (QED) is 0.564. The van der Waals surface area contributed by atoms with E-state index in [1.165, 1.54) is 11.6 Å². The van der Waals surface area contributed by atoms with E-state index in [2.05, 4.69) is 37.9 Å². The van der Waals surface area contributed by atoms with E-state index in [0.29, 0.717) is 5.52 Å². The number of hydrogen-bond donors (Lipinski definition) is 1. The van der Waals surface area contributed by atoms with Crippen LogP contribution in [0.15, 0.2) is 30.3 Å². The fourth-order valence-electron chi connectivity index (χ4n) is 2.37. The maximum Gasteiger partial charge on any atom is 0.143 e. The maximum absolute atomic E-state index is 13.5. The van der Waals surface area contributed by atoms with E-state index in [1.54, 1.807) is 6.07 Å². The van der Waals surface area contributed by atoms with E-state index in [0.717, 1.165) is 16.3 Å². The Morgan fingerprint density at radius 1 is 1.05 bits per heavy atom. The summed E-state index contributed by atoms with van der Waals surface area (Å²) < 4.78 is 13.5. The number of aromatic nitrogens is 1. The molecule has 0 unspecified atom stereocenters. The van der Waals surface area contributed by atoms with Gasteiger partial charge in [0.05, 0.1) is 5.52 Å². The van der Waals surface area contributed by atoms with E-state index < -0.39 is 5.82 Å². The average Bonchev–Trinajstić information content (AvgIpc) is 2.71. The highest BCUT2D eigenvalue weighted by Crippen LogP contribution is 2.34. The van der Waals surface area contributed by atoms with E-state index in [9.17, 15) is 4.39 Å². The molecule has 0 amide bonds. The molecule has 3 heteroatoms. The fourth-order valence-corrected chi connectivity index (χ4v) is 2.59. The van der Waals surface area contributed by atoms with Crippen LogP contribution < -0.4 is 0 Å². The SMILES string of the molecule is CC(C)(C)c1ccc2[nH]c3c(Cl)c(F)ccc3c2c1. The minimum Gasteiger partial charge on any atom is -0.353 e. The minimum atomic E-state index is -0.392. The third-order valence-electron chi connectivity index (χ3n) is 3.53. The average molecular weight is 276 g/mol. The molecule has 0 atom stereocenters. The second kappa shape index (κ2) is 3.97. The number of nitrogens with one attached hydrogen (secondary N) is 1. The van der Waals surface area contributed by atoms with Crippen molar-refractivity contribution in [2.24, 2.45) is 0 Å². The Morgan fingerprint density at radius 2 is 1.79 bits per heavy atom. The normalized spacial score (nSPS) is 12.5. The lowest BCUT2D eigenvalue weighted by molar-refractivity contribution is 0.591. The third kappa shape index (κ3) is 1.91. The van der Waals surface area contributed by atoms with Crippen molar-refractivity contribution in [1.82, 2.24) is 4.98 Å². The van der Waals surface area contributed by atoms with E-state index in [1.807, 2.05) is 6.07 Å². The van der Waals surface area contributed by atoms with Crippen molar-refractivity contribution >= 4 is 33.4 Å². The molecular weight excluding hydrogens is 261 g/mol. The molecule has 0 aliphatic rings. The van der Waals surface area contributed by atoms with Crippen LogP contribution in [0.1, 0.15) is 26.3 Å². The highest BCUT2D eigenvalue weighted by Gasteiger charge is 2.16. The lowest BCUT2D eigenvalue weighted by Gasteiger charge is -2.18. The smallest absolute Gasteiger partial charge is 0.143 e. The molecule has 3 rings (SSSR count). The van der Waals surface area contributed by atoms with Crippen LogP contribution in [0.25, 0.3) is 21.8 Å². The molecule has 1 nitrogen and oxygen atoms in total. The van der Waals surface area contributed by atoms with Crippen LogP contribution >= 0.6 is 11.6 Å². The van der Waals surface area contributed by atoms with Crippen LogP contribution in [0.5, 0.6) is 0 Å². The topological polar surface area (TPSA) is 15.8 Å². The zero-order chi connectivity index (χ0) is 13.8. The molecule has 0 saturated heterocycles. The van der Waals surface area contributed by atoms with Gasteiger partial charge in [0.25, 0.3) is 0 Å². The first-order valence-electron chi connectivity index (χ1n) is 6.28.